The molecule has 2 N–H and O–H groups in total. The summed E-state index contributed by atoms with van der Waals surface area (Å²) in [4.78, 5) is 14.2. The van der Waals surface area contributed by atoms with Crippen molar-refractivity contribution in [2.45, 2.75) is 20.4 Å². The zero-order valence-electron chi connectivity index (χ0n) is 12.2. The van der Waals surface area contributed by atoms with Crippen molar-refractivity contribution in [2.24, 2.45) is 0 Å². The zero-order chi connectivity index (χ0) is 14.7. The predicted molar refractivity (Wildman–Crippen MR) is 82.6 cm³/mol. The summed E-state index contributed by atoms with van der Waals surface area (Å²) in [7, 11) is 1.81. The van der Waals surface area contributed by atoms with E-state index in [1.54, 1.807) is 11.0 Å². The maximum Gasteiger partial charge on any atom is 0.253 e. The number of benzene rings is 2. The fourth-order valence-electron chi connectivity index (χ4n) is 2.27. The number of hydrogen-bond donors (Lipinski definition) is 1. The van der Waals surface area contributed by atoms with Gasteiger partial charge in [0.05, 0.1) is 0 Å². The van der Waals surface area contributed by atoms with Crippen LogP contribution in [0, 0.1) is 13.8 Å². The number of amides is 1. The van der Waals surface area contributed by atoms with Gasteiger partial charge >= 0.3 is 0 Å². The smallest absolute Gasteiger partial charge is 0.253 e. The predicted octanol–water partition coefficient (Wildman–Crippen LogP) is 3.16. The Morgan fingerprint density at radius 3 is 2.50 bits per heavy atom. The molecule has 3 nitrogen and oxygen atoms in total. The molecule has 0 aliphatic carbocycles. The maximum absolute atomic E-state index is 12.4. The minimum atomic E-state index is -0.0105. The minimum absolute atomic E-state index is 0.0105. The summed E-state index contributed by atoms with van der Waals surface area (Å²) < 4.78 is 0. The number of nitrogens with zero attached hydrogens (tertiary/aromatic N) is 1. The maximum atomic E-state index is 12.4. The van der Waals surface area contributed by atoms with E-state index < -0.39 is 0 Å². The van der Waals surface area contributed by atoms with Crippen LogP contribution in [-0.2, 0) is 6.54 Å². The third-order valence-corrected chi connectivity index (χ3v) is 3.36. The molecule has 0 aliphatic heterocycles. The van der Waals surface area contributed by atoms with Crippen LogP contribution in [0.25, 0.3) is 0 Å². The largest absolute Gasteiger partial charge is 0.399 e. The number of anilines is 1. The van der Waals surface area contributed by atoms with Crippen molar-refractivity contribution in [1.29, 1.82) is 0 Å². The Bertz CT molecular complexity index is 614. The molecule has 0 aliphatic rings. The zero-order valence-corrected chi connectivity index (χ0v) is 12.2. The minimum Gasteiger partial charge on any atom is -0.399 e. The van der Waals surface area contributed by atoms with Gasteiger partial charge in [0.25, 0.3) is 5.91 Å². The Hall–Kier alpha value is -2.29. The molecule has 0 saturated carbocycles. The molecule has 0 spiro atoms. The van der Waals surface area contributed by atoms with Crippen LogP contribution in [0.3, 0.4) is 0 Å². The van der Waals surface area contributed by atoms with E-state index in [-0.39, 0.29) is 5.91 Å². The van der Waals surface area contributed by atoms with Crippen molar-refractivity contribution in [2.75, 3.05) is 12.8 Å². The number of carbonyl (C=O) groups is 1. The Balaban J connectivity index is 2.18. The van der Waals surface area contributed by atoms with E-state index in [0.717, 1.165) is 11.1 Å². The SMILES string of the molecule is Cc1cc(N)cc(C(=O)N(C)Cc2ccccc2C)c1. The van der Waals surface area contributed by atoms with Gasteiger partial charge in [0.2, 0.25) is 0 Å². The van der Waals surface area contributed by atoms with Gasteiger partial charge in [-0.3, -0.25) is 4.79 Å². The molecular weight excluding hydrogens is 248 g/mol. The first-order chi connectivity index (χ1) is 9.47. The molecule has 0 bridgehead atoms. The Kier molecular flexibility index (Phi) is 4.08. The topological polar surface area (TPSA) is 46.3 Å². The Morgan fingerprint density at radius 2 is 1.85 bits per heavy atom. The van der Waals surface area contributed by atoms with Crippen LogP contribution < -0.4 is 5.73 Å². The second-order valence-corrected chi connectivity index (χ2v) is 5.22. The molecule has 104 valence electrons. The van der Waals surface area contributed by atoms with Gasteiger partial charge in [-0.25, -0.2) is 0 Å². The number of hydrogen-bond acceptors (Lipinski definition) is 2. The summed E-state index contributed by atoms with van der Waals surface area (Å²) in [6.45, 7) is 4.59. The summed E-state index contributed by atoms with van der Waals surface area (Å²) in [5, 5.41) is 0. The quantitative estimate of drug-likeness (QED) is 0.869. The molecule has 0 aromatic heterocycles. The van der Waals surface area contributed by atoms with Crippen LogP contribution in [0.4, 0.5) is 5.69 Å². The van der Waals surface area contributed by atoms with Crippen molar-refractivity contribution in [1.82, 2.24) is 4.90 Å². The van der Waals surface area contributed by atoms with Gasteiger partial charge < -0.3 is 10.6 Å². The molecule has 0 unspecified atom stereocenters. The highest BCUT2D eigenvalue weighted by molar-refractivity contribution is 5.95. The van der Waals surface area contributed by atoms with Crippen LogP contribution in [-0.4, -0.2) is 17.9 Å². The van der Waals surface area contributed by atoms with Gasteiger partial charge in [-0.05, 0) is 48.7 Å². The molecule has 3 heteroatoms. The second kappa shape index (κ2) is 5.78. The van der Waals surface area contributed by atoms with E-state index in [0.29, 0.717) is 17.8 Å². The Labute approximate surface area is 120 Å². The normalized spacial score (nSPS) is 10.3. The molecular formula is C17H20N2O. The highest BCUT2D eigenvalue weighted by Crippen LogP contribution is 2.15. The fourth-order valence-corrected chi connectivity index (χ4v) is 2.27. The lowest BCUT2D eigenvalue weighted by Crippen LogP contribution is -2.26. The van der Waals surface area contributed by atoms with E-state index >= 15 is 0 Å². The van der Waals surface area contributed by atoms with Crippen molar-refractivity contribution < 1.29 is 4.79 Å². The molecule has 2 rings (SSSR count). The third kappa shape index (κ3) is 3.18. The Morgan fingerprint density at radius 1 is 1.15 bits per heavy atom. The lowest BCUT2D eigenvalue weighted by Gasteiger charge is -2.19. The first kappa shape index (κ1) is 14.1. The number of rotatable bonds is 3. The average molecular weight is 268 g/mol. The van der Waals surface area contributed by atoms with Gasteiger partial charge in [-0.15, -0.1) is 0 Å². The molecule has 0 heterocycles. The first-order valence-corrected chi connectivity index (χ1v) is 6.64. The van der Waals surface area contributed by atoms with Crippen molar-refractivity contribution >= 4 is 11.6 Å². The summed E-state index contributed by atoms with van der Waals surface area (Å²) in [5.74, 6) is -0.0105. The highest BCUT2D eigenvalue weighted by atomic mass is 16.2. The number of aryl methyl sites for hydroxylation is 2. The van der Waals surface area contributed by atoms with Gasteiger partial charge in [0.15, 0.2) is 0 Å². The average Bonchev–Trinajstić information content (AvgIpc) is 2.39. The van der Waals surface area contributed by atoms with Crippen molar-refractivity contribution in [3.8, 4) is 0 Å². The van der Waals surface area contributed by atoms with E-state index in [4.69, 9.17) is 5.73 Å². The second-order valence-electron chi connectivity index (χ2n) is 5.22. The van der Waals surface area contributed by atoms with Crippen LogP contribution >= 0.6 is 0 Å². The lowest BCUT2D eigenvalue weighted by atomic mass is 10.1. The molecule has 0 radical (unpaired) electrons. The molecule has 2 aromatic rings. The monoisotopic (exact) mass is 268 g/mol. The number of nitrogens with two attached hydrogens (primary N) is 1. The lowest BCUT2D eigenvalue weighted by molar-refractivity contribution is 0.0785. The molecule has 1 amide bonds. The summed E-state index contributed by atoms with van der Waals surface area (Å²) >= 11 is 0. The summed E-state index contributed by atoms with van der Waals surface area (Å²) in [6.07, 6.45) is 0. The molecule has 0 atom stereocenters. The van der Waals surface area contributed by atoms with Gasteiger partial charge in [0.1, 0.15) is 0 Å². The summed E-state index contributed by atoms with van der Waals surface area (Å²) in [5.41, 5.74) is 10.4. The summed E-state index contributed by atoms with van der Waals surface area (Å²) in [6, 6.07) is 13.5. The van der Waals surface area contributed by atoms with Gasteiger partial charge in [-0.2, -0.15) is 0 Å². The van der Waals surface area contributed by atoms with E-state index in [9.17, 15) is 4.79 Å². The molecule has 2 aromatic carbocycles. The highest BCUT2D eigenvalue weighted by Gasteiger charge is 2.13. The fraction of sp³-hybridized carbons (Fsp3) is 0.235. The van der Waals surface area contributed by atoms with E-state index in [1.165, 1.54) is 5.56 Å². The molecule has 20 heavy (non-hydrogen) atoms. The van der Waals surface area contributed by atoms with Crippen molar-refractivity contribution in [3.63, 3.8) is 0 Å². The van der Waals surface area contributed by atoms with E-state index in [2.05, 4.69) is 13.0 Å². The van der Waals surface area contributed by atoms with Crippen LogP contribution in [0.1, 0.15) is 27.0 Å². The number of nitrogen functional groups attached to an aromatic ring is 1. The van der Waals surface area contributed by atoms with Crippen LogP contribution in [0.15, 0.2) is 42.5 Å². The van der Waals surface area contributed by atoms with Gasteiger partial charge in [0, 0.05) is 24.8 Å². The van der Waals surface area contributed by atoms with Crippen molar-refractivity contribution in [3.05, 3.63) is 64.7 Å². The first-order valence-electron chi connectivity index (χ1n) is 6.64. The van der Waals surface area contributed by atoms with Crippen LogP contribution in [0.2, 0.25) is 0 Å². The van der Waals surface area contributed by atoms with Crippen LogP contribution in [0.5, 0.6) is 0 Å². The molecule has 0 fully saturated rings. The van der Waals surface area contributed by atoms with E-state index in [1.807, 2.05) is 44.3 Å². The van der Waals surface area contributed by atoms with Gasteiger partial charge in [-0.1, -0.05) is 24.3 Å². The third-order valence-electron chi connectivity index (χ3n) is 3.36. The molecule has 0 saturated heterocycles. The number of carbonyl (C=O) groups excluding carboxylic acids is 1. The standard InChI is InChI=1S/C17H20N2O/c1-12-8-15(10-16(18)9-12)17(20)19(3)11-14-7-5-4-6-13(14)2/h4-10H,11,18H2,1-3H3.